The van der Waals surface area contributed by atoms with Crippen LogP contribution in [0.4, 0.5) is 16.2 Å². The molecule has 2 aromatic rings. The number of carbonyl (C=O) groups is 1. The fourth-order valence-electron chi connectivity index (χ4n) is 2.55. The van der Waals surface area contributed by atoms with Gasteiger partial charge in [-0.3, -0.25) is 0 Å². The van der Waals surface area contributed by atoms with Crippen LogP contribution >= 0.6 is 0 Å². The minimum absolute atomic E-state index is 0.247. The van der Waals surface area contributed by atoms with Gasteiger partial charge in [-0.15, -0.1) is 0 Å². The minimum atomic E-state index is -0.247. The standard InChI is InChI=1S/C18H22N2O2/c1-11-8-13(3)17(14(4)9-11)20-18(21)19-16-7-6-15(22-5)10-12(16)2/h6-10H,1-5H3,(H2,19,20,21). The summed E-state index contributed by atoms with van der Waals surface area (Å²) in [5.74, 6) is 0.772. The van der Waals surface area contributed by atoms with E-state index in [0.717, 1.165) is 33.8 Å². The van der Waals surface area contributed by atoms with Crippen LogP contribution in [0.5, 0.6) is 5.75 Å². The maximum atomic E-state index is 12.2. The van der Waals surface area contributed by atoms with E-state index >= 15 is 0 Å². The summed E-state index contributed by atoms with van der Waals surface area (Å²) in [6, 6.07) is 9.41. The molecule has 22 heavy (non-hydrogen) atoms. The van der Waals surface area contributed by atoms with Gasteiger partial charge in [0.2, 0.25) is 0 Å². The monoisotopic (exact) mass is 298 g/mol. The molecule has 4 nitrogen and oxygen atoms in total. The Balaban J connectivity index is 2.14. The Bertz CT molecular complexity index is 685. The molecule has 0 atom stereocenters. The van der Waals surface area contributed by atoms with Crippen molar-refractivity contribution in [3.63, 3.8) is 0 Å². The first-order valence-electron chi connectivity index (χ1n) is 7.21. The third kappa shape index (κ3) is 3.58. The fourth-order valence-corrected chi connectivity index (χ4v) is 2.55. The third-order valence-corrected chi connectivity index (χ3v) is 3.60. The zero-order valence-corrected chi connectivity index (χ0v) is 13.7. The smallest absolute Gasteiger partial charge is 0.323 e. The zero-order valence-electron chi connectivity index (χ0n) is 13.7. The molecule has 2 amide bonds. The van der Waals surface area contributed by atoms with Gasteiger partial charge in [0.25, 0.3) is 0 Å². The van der Waals surface area contributed by atoms with E-state index in [1.807, 2.05) is 45.9 Å². The topological polar surface area (TPSA) is 50.4 Å². The molecule has 0 spiro atoms. The van der Waals surface area contributed by atoms with Crippen LogP contribution in [0, 0.1) is 27.7 Å². The van der Waals surface area contributed by atoms with E-state index in [2.05, 4.69) is 22.8 Å². The van der Waals surface area contributed by atoms with E-state index in [-0.39, 0.29) is 6.03 Å². The van der Waals surface area contributed by atoms with Crippen LogP contribution in [0.2, 0.25) is 0 Å². The summed E-state index contributed by atoms with van der Waals surface area (Å²) >= 11 is 0. The van der Waals surface area contributed by atoms with Crippen molar-refractivity contribution in [2.45, 2.75) is 27.7 Å². The van der Waals surface area contributed by atoms with E-state index in [4.69, 9.17) is 4.74 Å². The first-order chi connectivity index (χ1) is 10.4. The van der Waals surface area contributed by atoms with Gasteiger partial charge in [0.1, 0.15) is 5.75 Å². The highest BCUT2D eigenvalue weighted by Gasteiger charge is 2.09. The summed E-state index contributed by atoms with van der Waals surface area (Å²) in [4.78, 5) is 12.2. The van der Waals surface area contributed by atoms with Gasteiger partial charge in [-0.2, -0.15) is 0 Å². The summed E-state index contributed by atoms with van der Waals surface area (Å²) in [5, 5.41) is 5.80. The number of ether oxygens (including phenoxy) is 1. The normalized spacial score (nSPS) is 10.2. The van der Waals surface area contributed by atoms with E-state index in [9.17, 15) is 4.79 Å². The Labute approximate surface area is 131 Å². The van der Waals surface area contributed by atoms with Crippen LogP contribution in [0.25, 0.3) is 0 Å². The van der Waals surface area contributed by atoms with Crippen LogP contribution in [0.1, 0.15) is 22.3 Å². The molecule has 0 aromatic heterocycles. The molecule has 116 valence electrons. The van der Waals surface area contributed by atoms with E-state index in [0.29, 0.717) is 0 Å². The number of rotatable bonds is 3. The maximum absolute atomic E-state index is 12.2. The molecule has 0 unspecified atom stereocenters. The molecule has 0 radical (unpaired) electrons. The SMILES string of the molecule is COc1ccc(NC(=O)Nc2c(C)cc(C)cc2C)c(C)c1. The van der Waals surface area contributed by atoms with Crippen molar-refractivity contribution in [3.05, 3.63) is 52.6 Å². The molecule has 0 bridgehead atoms. The Morgan fingerprint density at radius 3 is 2.09 bits per heavy atom. The molecule has 2 rings (SSSR count). The van der Waals surface area contributed by atoms with Crippen molar-refractivity contribution < 1.29 is 9.53 Å². The van der Waals surface area contributed by atoms with Gasteiger partial charge in [0.15, 0.2) is 0 Å². The van der Waals surface area contributed by atoms with Crippen molar-refractivity contribution in [1.29, 1.82) is 0 Å². The highest BCUT2D eigenvalue weighted by atomic mass is 16.5. The van der Waals surface area contributed by atoms with Gasteiger partial charge in [0, 0.05) is 11.4 Å². The molecule has 0 fully saturated rings. The number of hydrogen-bond donors (Lipinski definition) is 2. The maximum Gasteiger partial charge on any atom is 0.323 e. The number of nitrogens with one attached hydrogen (secondary N) is 2. The second kappa shape index (κ2) is 6.52. The Kier molecular flexibility index (Phi) is 4.71. The number of hydrogen-bond acceptors (Lipinski definition) is 2. The van der Waals surface area contributed by atoms with Gasteiger partial charge < -0.3 is 15.4 Å². The molecule has 0 aliphatic rings. The Morgan fingerprint density at radius 2 is 1.55 bits per heavy atom. The van der Waals surface area contributed by atoms with E-state index in [1.54, 1.807) is 7.11 Å². The lowest BCUT2D eigenvalue weighted by Gasteiger charge is -2.15. The molecule has 0 saturated heterocycles. The van der Waals surface area contributed by atoms with Crippen LogP contribution in [-0.4, -0.2) is 13.1 Å². The van der Waals surface area contributed by atoms with Gasteiger partial charge >= 0.3 is 6.03 Å². The second-order valence-electron chi connectivity index (χ2n) is 5.53. The minimum Gasteiger partial charge on any atom is -0.497 e. The molecule has 0 aliphatic heterocycles. The molecule has 0 saturated carbocycles. The lowest BCUT2D eigenvalue weighted by Crippen LogP contribution is -2.21. The number of aryl methyl sites for hydroxylation is 4. The molecular formula is C18H22N2O2. The number of benzene rings is 2. The number of amides is 2. The molecule has 4 heteroatoms. The van der Waals surface area contributed by atoms with Crippen molar-refractivity contribution in [2.75, 3.05) is 17.7 Å². The molecular weight excluding hydrogens is 276 g/mol. The molecule has 0 aliphatic carbocycles. The van der Waals surface area contributed by atoms with Crippen molar-refractivity contribution in [2.24, 2.45) is 0 Å². The van der Waals surface area contributed by atoms with Crippen LogP contribution in [-0.2, 0) is 0 Å². The van der Waals surface area contributed by atoms with Gasteiger partial charge in [-0.1, -0.05) is 17.7 Å². The second-order valence-corrected chi connectivity index (χ2v) is 5.53. The summed E-state index contributed by atoms with van der Waals surface area (Å²) in [6.45, 7) is 7.97. The lowest BCUT2D eigenvalue weighted by molar-refractivity contribution is 0.262. The quantitative estimate of drug-likeness (QED) is 0.872. The molecule has 2 aromatic carbocycles. The van der Waals surface area contributed by atoms with Gasteiger partial charge in [-0.25, -0.2) is 4.79 Å². The number of anilines is 2. The largest absolute Gasteiger partial charge is 0.497 e. The van der Waals surface area contributed by atoms with Crippen LogP contribution in [0.3, 0.4) is 0 Å². The predicted molar refractivity (Wildman–Crippen MR) is 91.0 cm³/mol. The summed E-state index contributed by atoms with van der Waals surface area (Å²) in [7, 11) is 1.62. The third-order valence-electron chi connectivity index (χ3n) is 3.60. The van der Waals surface area contributed by atoms with Gasteiger partial charge in [0.05, 0.1) is 7.11 Å². The average molecular weight is 298 g/mol. The Morgan fingerprint density at radius 1 is 0.909 bits per heavy atom. The number of methoxy groups -OCH3 is 1. The first kappa shape index (κ1) is 15.9. The average Bonchev–Trinajstić information content (AvgIpc) is 2.45. The molecule has 2 N–H and O–H groups in total. The van der Waals surface area contributed by atoms with Crippen LogP contribution in [0.15, 0.2) is 30.3 Å². The fraction of sp³-hybridized carbons (Fsp3) is 0.278. The first-order valence-corrected chi connectivity index (χ1v) is 7.21. The summed E-state index contributed by atoms with van der Waals surface area (Å²) in [5.41, 5.74) is 5.87. The summed E-state index contributed by atoms with van der Waals surface area (Å²) < 4.78 is 5.16. The van der Waals surface area contributed by atoms with Gasteiger partial charge in [-0.05, 0) is 62.6 Å². The highest BCUT2D eigenvalue weighted by molar-refractivity contribution is 6.01. The van der Waals surface area contributed by atoms with Crippen molar-refractivity contribution in [3.8, 4) is 5.75 Å². The Hall–Kier alpha value is -2.49. The zero-order chi connectivity index (χ0) is 16.3. The number of urea groups is 1. The highest BCUT2D eigenvalue weighted by Crippen LogP contribution is 2.24. The van der Waals surface area contributed by atoms with E-state index < -0.39 is 0 Å². The van der Waals surface area contributed by atoms with E-state index in [1.165, 1.54) is 5.56 Å². The van der Waals surface area contributed by atoms with Crippen molar-refractivity contribution in [1.82, 2.24) is 0 Å². The van der Waals surface area contributed by atoms with Crippen molar-refractivity contribution >= 4 is 17.4 Å². The predicted octanol–water partition coefficient (Wildman–Crippen LogP) is 4.57. The summed E-state index contributed by atoms with van der Waals surface area (Å²) in [6.07, 6.45) is 0. The lowest BCUT2D eigenvalue weighted by atomic mass is 10.1. The number of carbonyl (C=O) groups excluding carboxylic acids is 1. The molecule has 0 heterocycles. The van der Waals surface area contributed by atoms with Crippen LogP contribution < -0.4 is 15.4 Å².